The Kier molecular flexibility index (Phi) is 2.48. The standard InChI is InChI=1S/C9H18O3Si/c1-13(10,11)5-4-7-2-3-8-9(6-7)12-8/h7-11H,2-6H2,1H3. The van der Waals surface area contributed by atoms with Crippen molar-refractivity contribution in [2.75, 3.05) is 0 Å². The molecular formula is C9H18O3Si. The Morgan fingerprint density at radius 3 is 2.69 bits per heavy atom. The van der Waals surface area contributed by atoms with E-state index in [4.69, 9.17) is 4.74 Å². The van der Waals surface area contributed by atoms with Crippen molar-refractivity contribution in [3.8, 4) is 0 Å². The number of rotatable bonds is 3. The van der Waals surface area contributed by atoms with Gasteiger partial charge >= 0.3 is 8.56 Å². The number of hydrogen-bond acceptors (Lipinski definition) is 3. The molecule has 1 aliphatic carbocycles. The monoisotopic (exact) mass is 202 g/mol. The SMILES string of the molecule is C[Si](O)(O)CCC1CCC2OC2C1. The molecular weight excluding hydrogens is 184 g/mol. The first kappa shape index (κ1) is 9.64. The highest BCUT2D eigenvalue weighted by molar-refractivity contribution is 6.63. The van der Waals surface area contributed by atoms with Crippen molar-refractivity contribution in [3.63, 3.8) is 0 Å². The Balaban J connectivity index is 1.70. The van der Waals surface area contributed by atoms with Crippen molar-refractivity contribution in [3.05, 3.63) is 0 Å². The lowest BCUT2D eigenvalue weighted by Crippen LogP contribution is -2.30. The zero-order valence-corrected chi connectivity index (χ0v) is 9.07. The summed E-state index contributed by atoms with van der Waals surface area (Å²) in [4.78, 5) is 18.6. The maximum Gasteiger partial charge on any atom is 0.329 e. The lowest BCUT2D eigenvalue weighted by Gasteiger charge is -2.20. The number of hydrogen-bond donors (Lipinski definition) is 2. The summed E-state index contributed by atoms with van der Waals surface area (Å²) >= 11 is 0. The highest BCUT2D eigenvalue weighted by atomic mass is 28.4. The van der Waals surface area contributed by atoms with Crippen LogP contribution in [-0.4, -0.2) is 30.4 Å². The smallest absolute Gasteiger partial charge is 0.329 e. The van der Waals surface area contributed by atoms with Crippen LogP contribution in [0.25, 0.3) is 0 Å². The topological polar surface area (TPSA) is 53.0 Å². The molecule has 0 bridgehead atoms. The van der Waals surface area contributed by atoms with E-state index in [1.165, 1.54) is 12.8 Å². The molecule has 2 N–H and O–H groups in total. The van der Waals surface area contributed by atoms with E-state index in [-0.39, 0.29) is 0 Å². The zero-order chi connectivity index (χ0) is 9.47. The number of ether oxygens (including phenoxy) is 1. The van der Waals surface area contributed by atoms with Crippen LogP contribution in [0.3, 0.4) is 0 Å². The number of epoxide rings is 1. The third kappa shape index (κ3) is 2.77. The second-order valence-electron chi connectivity index (χ2n) is 4.65. The summed E-state index contributed by atoms with van der Waals surface area (Å²) in [6.45, 7) is 1.59. The van der Waals surface area contributed by atoms with Gasteiger partial charge in [-0.05, 0) is 44.2 Å². The van der Waals surface area contributed by atoms with Crippen LogP contribution in [-0.2, 0) is 4.74 Å². The molecule has 76 valence electrons. The molecule has 4 heteroatoms. The fourth-order valence-corrected chi connectivity index (χ4v) is 3.18. The van der Waals surface area contributed by atoms with E-state index in [9.17, 15) is 9.59 Å². The summed E-state index contributed by atoms with van der Waals surface area (Å²) in [5.41, 5.74) is 0. The minimum atomic E-state index is -2.79. The molecule has 2 fully saturated rings. The van der Waals surface area contributed by atoms with E-state index in [0.29, 0.717) is 24.2 Å². The first-order chi connectivity index (χ1) is 6.04. The van der Waals surface area contributed by atoms with Crippen molar-refractivity contribution in [1.82, 2.24) is 0 Å². The Labute approximate surface area is 80.0 Å². The molecule has 2 rings (SSSR count). The van der Waals surface area contributed by atoms with Crippen molar-refractivity contribution in [2.45, 2.75) is 50.5 Å². The fourth-order valence-electron chi connectivity index (χ4n) is 2.23. The van der Waals surface area contributed by atoms with Gasteiger partial charge in [0.05, 0.1) is 12.2 Å². The summed E-state index contributed by atoms with van der Waals surface area (Å²) in [6, 6.07) is 0.620. The summed E-state index contributed by atoms with van der Waals surface area (Å²) in [5, 5.41) is 0. The summed E-state index contributed by atoms with van der Waals surface area (Å²) < 4.78 is 5.43. The van der Waals surface area contributed by atoms with E-state index in [2.05, 4.69) is 0 Å². The van der Waals surface area contributed by atoms with Gasteiger partial charge in [0.1, 0.15) is 0 Å². The zero-order valence-electron chi connectivity index (χ0n) is 8.07. The Morgan fingerprint density at radius 2 is 2.08 bits per heavy atom. The maximum absolute atomic E-state index is 9.29. The molecule has 1 aliphatic heterocycles. The number of fused-ring (bicyclic) bond motifs is 1. The minimum absolute atomic E-state index is 0.518. The van der Waals surface area contributed by atoms with Crippen LogP contribution in [0.2, 0.25) is 12.6 Å². The van der Waals surface area contributed by atoms with Gasteiger partial charge in [-0.2, -0.15) is 0 Å². The van der Waals surface area contributed by atoms with Gasteiger partial charge < -0.3 is 14.3 Å². The molecule has 1 saturated heterocycles. The van der Waals surface area contributed by atoms with Crippen LogP contribution < -0.4 is 0 Å². The first-order valence-corrected chi connectivity index (χ1v) is 7.75. The summed E-state index contributed by atoms with van der Waals surface area (Å²) in [6.07, 6.45) is 5.60. The van der Waals surface area contributed by atoms with Gasteiger partial charge in [0.15, 0.2) is 0 Å². The van der Waals surface area contributed by atoms with Crippen LogP contribution >= 0.6 is 0 Å². The van der Waals surface area contributed by atoms with Crippen molar-refractivity contribution in [1.29, 1.82) is 0 Å². The summed E-state index contributed by atoms with van der Waals surface area (Å²) in [7, 11) is -2.79. The molecule has 2 aliphatic rings. The second kappa shape index (κ2) is 3.35. The van der Waals surface area contributed by atoms with E-state index in [1.807, 2.05) is 0 Å². The fraction of sp³-hybridized carbons (Fsp3) is 1.00. The predicted molar refractivity (Wildman–Crippen MR) is 51.5 cm³/mol. The largest absolute Gasteiger partial charge is 0.411 e. The molecule has 1 saturated carbocycles. The third-order valence-electron chi connectivity index (χ3n) is 3.14. The maximum atomic E-state index is 9.29. The summed E-state index contributed by atoms with van der Waals surface area (Å²) in [5.74, 6) is 0.676. The Hall–Kier alpha value is 0.0969. The van der Waals surface area contributed by atoms with Crippen molar-refractivity contribution >= 4 is 8.56 Å². The van der Waals surface area contributed by atoms with Crippen LogP contribution in [0.15, 0.2) is 0 Å². The Morgan fingerprint density at radius 1 is 1.31 bits per heavy atom. The quantitative estimate of drug-likeness (QED) is 0.530. The van der Waals surface area contributed by atoms with Crippen LogP contribution in [0.4, 0.5) is 0 Å². The average molecular weight is 202 g/mol. The lowest BCUT2D eigenvalue weighted by atomic mass is 9.88. The van der Waals surface area contributed by atoms with Gasteiger partial charge in [0.2, 0.25) is 0 Å². The van der Waals surface area contributed by atoms with Crippen LogP contribution in [0.1, 0.15) is 25.7 Å². The van der Waals surface area contributed by atoms with Crippen LogP contribution in [0, 0.1) is 5.92 Å². The molecule has 0 aromatic rings. The van der Waals surface area contributed by atoms with Gasteiger partial charge in [0, 0.05) is 0 Å². The van der Waals surface area contributed by atoms with Crippen molar-refractivity contribution < 1.29 is 14.3 Å². The van der Waals surface area contributed by atoms with E-state index in [1.54, 1.807) is 6.55 Å². The molecule has 3 nitrogen and oxygen atoms in total. The van der Waals surface area contributed by atoms with Gasteiger partial charge in [0.25, 0.3) is 0 Å². The molecule has 1 heterocycles. The molecule has 13 heavy (non-hydrogen) atoms. The molecule has 3 unspecified atom stereocenters. The molecule has 0 radical (unpaired) electrons. The van der Waals surface area contributed by atoms with Crippen LogP contribution in [0.5, 0.6) is 0 Å². The highest BCUT2D eigenvalue weighted by Gasteiger charge is 2.43. The highest BCUT2D eigenvalue weighted by Crippen LogP contribution is 2.41. The lowest BCUT2D eigenvalue weighted by molar-refractivity contribution is 0.331. The van der Waals surface area contributed by atoms with E-state index < -0.39 is 8.56 Å². The van der Waals surface area contributed by atoms with Gasteiger partial charge in [-0.3, -0.25) is 0 Å². The average Bonchev–Trinajstić information content (AvgIpc) is 2.76. The molecule has 0 aromatic heterocycles. The normalized spacial score (nSPS) is 38.5. The van der Waals surface area contributed by atoms with Gasteiger partial charge in [-0.1, -0.05) is 0 Å². The van der Waals surface area contributed by atoms with Crippen molar-refractivity contribution in [2.24, 2.45) is 5.92 Å². The van der Waals surface area contributed by atoms with E-state index >= 15 is 0 Å². The second-order valence-corrected chi connectivity index (χ2v) is 7.58. The molecule has 0 amide bonds. The Bertz CT molecular complexity index is 190. The molecule has 0 aromatic carbocycles. The van der Waals surface area contributed by atoms with Gasteiger partial charge in [-0.15, -0.1) is 0 Å². The first-order valence-electron chi connectivity index (χ1n) is 5.15. The molecule has 3 atom stereocenters. The minimum Gasteiger partial charge on any atom is -0.411 e. The third-order valence-corrected chi connectivity index (χ3v) is 4.37. The van der Waals surface area contributed by atoms with E-state index in [0.717, 1.165) is 12.8 Å². The molecule has 0 spiro atoms. The predicted octanol–water partition coefficient (Wildman–Crippen LogP) is 1.00. The van der Waals surface area contributed by atoms with Gasteiger partial charge in [-0.25, -0.2) is 0 Å².